The monoisotopic (exact) mass is 142 g/mol. The topological polar surface area (TPSA) is 29.5 Å². The Balaban J connectivity index is 2.31. The first-order chi connectivity index (χ1) is 4.84. The number of amides is 1. The third-order valence-electron chi connectivity index (χ3n) is 1.61. The zero-order chi connectivity index (χ0) is 7.40. The molecule has 0 atom stereocenters. The van der Waals surface area contributed by atoms with Gasteiger partial charge in [-0.3, -0.25) is 0 Å². The minimum absolute atomic E-state index is 0.236. The number of piperidine rings is 1. The third-order valence-corrected chi connectivity index (χ3v) is 1.61. The first-order valence-corrected chi connectivity index (χ1v) is 3.52. The Bertz CT molecular complexity index is 119. The normalized spacial score (nSPS) is 18.7. The van der Waals surface area contributed by atoms with Gasteiger partial charge in [0.2, 0.25) is 0 Å². The standard InChI is InChI=1S/C7H12NO2/c1-10-7(9)8-5-3-2-4-6-8/h5H,2-4,6H2,1H3. The van der Waals surface area contributed by atoms with Crippen molar-refractivity contribution >= 4 is 6.09 Å². The van der Waals surface area contributed by atoms with Crippen molar-refractivity contribution in [2.24, 2.45) is 0 Å². The van der Waals surface area contributed by atoms with Crippen LogP contribution in [0.2, 0.25) is 0 Å². The molecule has 3 nitrogen and oxygen atoms in total. The molecule has 1 radical (unpaired) electrons. The van der Waals surface area contributed by atoms with E-state index in [9.17, 15) is 4.79 Å². The molecule has 0 aromatic carbocycles. The Morgan fingerprint density at radius 1 is 1.60 bits per heavy atom. The Morgan fingerprint density at radius 2 is 2.40 bits per heavy atom. The molecule has 0 saturated carbocycles. The van der Waals surface area contributed by atoms with E-state index in [-0.39, 0.29) is 6.09 Å². The summed E-state index contributed by atoms with van der Waals surface area (Å²) in [7, 11) is 1.41. The van der Waals surface area contributed by atoms with E-state index in [1.165, 1.54) is 13.5 Å². The maximum absolute atomic E-state index is 10.8. The van der Waals surface area contributed by atoms with E-state index in [4.69, 9.17) is 0 Å². The molecular weight excluding hydrogens is 130 g/mol. The molecule has 1 aliphatic heterocycles. The highest BCUT2D eigenvalue weighted by atomic mass is 16.5. The Labute approximate surface area is 61.0 Å². The van der Waals surface area contributed by atoms with Crippen LogP contribution in [0.15, 0.2) is 0 Å². The van der Waals surface area contributed by atoms with Crippen LogP contribution in [0, 0.1) is 6.54 Å². The van der Waals surface area contributed by atoms with E-state index in [0.29, 0.717) is 0 Å². The predicted molar refractivity (Wildman–Crippen MR) is 37.3 cm³/mol. The van der Waals surface area contributed by atoms with Crippen LogP contribution in [0.4, 0.5) is 4.79 Å². The smallest absolute Gasteiger partial charge is 0.409 e. The summed E-state index contributed by atoms with van der Waals surface area (Å²) in [5.41, 5.74) is 0. The summed E-state index contributed by atoms with van der Waals surface area (Å²) >= 11 is 0. The van der Waals surface area contributed by atoms with Gasteiger partial charge in [-0.05, 0) is 19.3 Å². The van der Waals surface area contributed by atoms with Crippen molar-refractivity contribution in [2.45, 2.75) is 19.3 Å². The fourth-order valence-electron chi connectivity index (χ4n) is 1.05. The largest absolute Gasteiger partial charge is 0.453 e. The summed E-state index contributed by atoms with van der Waals surface area (Å²) in [6.45, 7) is 2.71. The highest BCUT2D eigenvalue weighted by molar-refractivity contribution is 5.68. The van der Waals surface area contributed by atoms with Gasteiger partial charge in [-0.1, -0.05) is 0 Å². The van der Waals surface area contributed by atoms with Crippen molar-refractivity contribution in [3.8, 4) is 0 Å². The zero-order valence-electron chi connectivity index (χ0n) is 6.17. The fourth-order valence-corrected chi connectivity index (χ4v) is 1.05. The van der Waals surface area contributed by atoms with Crippen molar-refractivity contribution in [3.63, 3.8) is 0 Å². The Hall–Kier alpha value is -0.730. The van der Waals surface area contributed by atoms with Crippen LogP contribution >= 0.6 is 0 Å². The molecule has 10 heavy (non-hydrogen) atoms. The van der Waals surface area contributed by atoms with Gasteiger partial charge in [0.25, 0.3) is 0 Å². The molecule has 0 aromatic heterocycles. The number of carbonyl (C=O) groups is 1. The molecule has 0 bridgehead atoms. The van der Waals surface area contributed by atoms with E-state index in [0.717, 1.165) is 19.4 Å². The van der Waals surface area contributed by atoms with Crippen LogP contribution in [0.25, 0.3) is 0 Å². The van der Waals surface area contributed by atoms with Crippen LogP contribution in [0.5, 0.6) is 0 Å². The molecule has 0 aromatic rings. The number of hydrogen-bond donors (Lipinski definition) is 0. The number of methoxy groups -OCH3 is 1. The van der Waals surface area contributed by atoms with Gasteiger partial charge in [0, 0.05) is 6.54 Å². The molecule has 1 fully saturated rings. The van der Waals surface area contributed by atoms with Gasteiger partial charge in [-0.25, -0.2) is 4.79 Å². The number of hydrogen-bond acceptors (Lipinski definition) is 2. The number of rotatable bonds is 0. The second-order valence-corrected chi connectivity index (χ2v) is 2.34. The maximum atomic E-state index is 10.8. The molecule has 0 N–H and O–H groups in total. The highest BCUT2D eigenvalue weighted by Gasteiger charge is 2.16. The van der Waals surface area contributed by atoms with Crippen molar-refractivity contribution in [3.05, 3.63) is 6.54 Å². The van der Waals surface area contributed by atoms with Gasteiger partial charge in [0.15, 0.2) is 0 Å². The number of ether oxygens (including phenoxy) is 1. The second kappa shape index (κ2) is 3.44. The molecule has 0 unspecified atom stereocenters. The zero-order valence-corrected chi connectivity index (χ0v) is 6.17. The molecule has 1 rings (SSSR count). The molecule has 57 valence electrons. The van der Waals surface area contributed by atoms with Crippen LogP contribution in [0.1, 0.15) is 19.3 Å². The summed E-state index contributed by atoms with van der Waals surface area (Å²) < 4.78 is 4.55. The van der Waals surface area contributed by atoms with E-state index >= 15 is 0 Å². The molecule has 0 aliphatic carbocycles. The van der Waals surface area contributed by atoms with Crippen molar-refractivity contribution in [1.29, 1.82) is 0 Å². The van der Waals surface area contributed by atoms with E-state index < -0.39 is 0 Å². The SMILES string of the molecule is COC(=O)N1[CH]CCCC1. The van der Waals surface area contributed by atoms with Crippen LogP contribution in [-0.4, -0.2) is 24.6 Å². The van der Waals surface area contributed by atoms with Gasteiger partial charge in [-0.2, -0.15) is 0 Å². The molecule has 3 heteroatoms. The quantitative estimate of drug-likeness (QED) is 0.511. The van der Waals surface area contributed by atoms with Crippen LogP contribution in [-0.2, 0) is 4.74 Å². The summed E-state index contributed by atoms with van der Waals surface area (Å²) in [6.07, 6.45) is 3.04. The summed E-state index contributed by atoms with van der Waals surface area (Å²) in [5.74, 6) is 0. The Morgan fingerprint density at radius 3 is 2.90 bits per heavy atom. The van der Waals surface area contributed by atoms with Crippen molar-refractivity contribution in [2.75, 3.05) is 13.7 Å². The van der Waals surface area contributed by atoms with Gasteiger partial charge in [0.05, 0.1) is 13.7 Å². The molecule has 0 spiro atoms. The molecule has 1 heterocycles. The van der Waals surface area contributed by atoms with Gasteiger partial charge in [0.1, 0.15) is 0 Å². The lowest BCUT2D eigenvalue weighted by Gasteiger charge is -2.24. The van der Waals surface area contributed by atoms with Crippen molar-refractivity contribution < 1.29 is 9.53 Å². The molecular formula is C7H12NO2. The number of carbonyl (C=O) groups excluding carboxylic acids is 1. The first kappa shape index (κ1) is 7.38. The van der Waals surface area contributed by atoms with Crippen molar-refractivity contribution in [1.82, 2.24) is 4.90 Å². The lowest BCUT2D eigenvalue weighted by molar-refractivity contribution is 0.127. The van der Waals surface area contributed by atoms with Crippen LogP contribution < -0.4 is 0 Å². The average Bonchev–Trinajstić information content (AvgIpc) is 2.05. The highest BCUT2D eigenvalue weighted by Crippen LogP contribution is 2.12. The number of likely N-dealkylation sites (tertiary alicyclic amines) is 1. The lowest BCUT2D eigenvalue weighted by atomic mass is 10.1. The molecule has 1 saturated heterocycles. The van der Waals surface area contributed by atoms with E-state index in [1.54, 1.807) is 4.90 Å². The molecule has 1 amide bonds. The minimum Gasteiger partial charge on any atom is -0.453 e. The first-order valence-electron chi connectivity index (χ1n) is 3.52. The van der Waals surface area contributed by atoms with Crippen LogP contribution in [0.3, 0.4) is 0 Å². The second-order valence-electron chi connectivity index (χ2n) is 2.34. The molecule has 1 aliphatic rings. The van der Waals surface area contributed by atoms with E-state index in [2.05, 4.69) is 4.74 Å². The average molecular weight is 142 g/mol. The minimum atomic E-state index is -0.236. The van der Waals surface area contributed by atoms with Gasteiger partial charge < -0.3 is 9.64 Å². The Kier molecular flexibility index (Phi) is 2.54. The summed E-state index contributed by atoms with van der Waals surface area (Å²) in [6, 6.07) is 0. The predicted octanol–water partition coefficient (Wildman–Crippen LogP) is 1.40. The van der Waals surface area contributed by atoms with Gasteiger partial charge >= 0.3 is 6.09 Å². The maximum Gasteiger partial charge on any atom is 0.409 e. The summed E-state index contributed by atoms with van der Waals surface area (Å²) in [5, 5.41) is 0. The lowest BCUT2D eigenvalue weighted by Crippen LogP contribution is -2.31. The van der Waals surface area contributed by atoms with Gasteiger partial charge in [-0.15, -0.1) is 0 Å². The fraction of sp³-hybridized carbons (Fsp3) is 0.714. The number of nitrogens with zero attached hydrogens (tertiary/aromatic N) is 1. The third kappa shape index (κ3) is 1.62. The summed E-state index contributed by atoms with van der Waals surface area (Å²) in [4.78, 5) is 12.5. The van der Waals surface area contributed by atoms with E-state index in [1.807, 2.05) is 6.54 Å².